The molecule has 0 fully saturated rings. The summed E-state index contributed by atoms with van der Waals surface area (Å²) < 4.78 is 20.9. The Morgan fingerprint density at radius 2 is 2.10 bits per heavy atom. The molecule has 0 N–H and O–H groups in total. The van der Waals surface area contributed by atoms with Crippen molar-refractivity contribution in [2.45, 2.75) is 51.7 Å². The third-order valence-corrected chi connectivity index (χ3v) is 4.09. The summed E-state index contributed by atoms with van der Waals surface area (Å²) in [6.07, 6.45) is 7.53. The molecule has 0 aromatic rings. The van der Waals surface area contributed by atoms with Crippen molar-refractivity contribution in [3.05, 3.63) is 23.8 Å². The van der Waals surface area contributed by atoms with E-state index in [0.29, 0.717) is 19.4 Å². The van der Waals surface area contributed by atoms with E-state index < -0.39 is 11.0 Å². The highest BCUT2D eigenvalue weighted by Gasteiger charge is 2.19. The van der Waals surface area contributed by atoms with Gasteiger partial charge in [0.05, 0.1) is 10.5 Å². The maximum absolute atomic E-state index is 11.9. The third kappa shape index (κ3) is 5.82. The van der Waals surface area contributed by atoms with E-state index in [4.69, 9.17) is 4.74 Å². The Balaban J connectivity index is 2.50. The molecule has 0 bridgehead atoms. The number of hydrogen-bond donors (Lipinski definition) is 0. The zero-order valence-electron chi connectivity index (χ0n) is 12.6. The van der Waals surface area contributed by atoms with Gasteiger partial charge < -0.3 is 4.74 Å². The van der Waals surface area contributed by atoms with E-state index >= 15 is 0 Å². The second-order valence-corrected chi connectivity index (χ2v) is 7.58. The number of esters is 1. The fourth-order valence-corrected chi connectivity index (χ4v) is 2.06. The summed E-state index contributed by atoms with van der Waals surface area (Å²) >= 11 is 0. The molecule has 1 atom stereocenters. The standard InChI is InChI=1S/C15H23NO3S/c1-5-6-14(17)19-11-12-7-9-13(10-8-12)16-20(18)15(2,3)4/h7-9H,5-6,10-11H2,1-4H3. The SMILES string of the molecule is CCCC(=O)OCC1=CCC(=NS(=O)C(C)(C)C)C=C1. The third-order valence-electron chi connectivity index (χ3n) is 2.64. The van der Waals surface area contributed by atoms with Crippen molar-refractivity contribution in [1.82, 2.24) is 0 Å². The molecule has 5 heteroatoms. The molecule has 0 amide bonds. The topological polar surface area (TPSA) is 55.7 Å². The van der Waals surface area contributed by atoms with Crippen LogP contribution in [0.25, 0.3) is 0 Å². The molecule has 0 spiro atoms. The van der Waals surface area contributed by atoms with Crippen LogP contribution >= 0.6 is 0 Å². The van der Waals surface area contributed by atoms with Crippen molar-refractivity contribution in [2.24, 2.45) is 4.40 Å². The Kier molecular flexibility index (Phi) is 6.33. The minimum atomic E-state index is -1.24. The molecule has 0 radical (unpaired) electrons. The van der Waals surface area contributed by atoms with Crippen molar-refractivity contribution in [1.29, 1.82) is 0 Å². The summed E-state index contributed by atoms with van der Waals surface area (Å²) in [6, 6.07) is 0. The second kappa shape index (κ2) is 7.53. The van der Waals surface area contributed by atoms with E-state index in [-0.39, 0.29) is 10.7 Å². The van der Waals surface area contributed by atoms with Gasteiger partial charge >= 0.3 is 5.97 Å². The number of rotatable bonds is 5. The lowest BCUT2D eigenvalue weighted by atomic mass is 10.1. The van der Waals surface area contributed by atoms with Gasteiger partial charge in [-0.1, -0.05) is 19.1 Å². The summed E-state index contributed by atoms with van der Waals surface area (Å²) in [5, 5.41) is 0. The van der Waals surface area contributed by atoms with Crippen LogP contribution in [0.2, 0.25) is 0 Å². The van der Waals surface area contributed by atoms with E-state index in [1.54, 1.807) is 0 Å². The number of ether oxygens (including phenoxy) is 1. The van der Waals surface area contributed by atoms with Gasteiger partial charge in [0.2, 0.25) is 0 Å². The molecule has 0 aliphatic heterocycles. The maximum Gasteiger partial charge on any atom is 0.306 e. The Bertz CT molecular complexity index is 470. The van der Waals surface area contributed by atoms with Crippen LogP contribution in [0.1, 0.15) is 47.0 Å². The Hall–Kier alpha value is -1.23. The highest BCUT2D eigenvalue weighted by molar-refractivity contribution is 7.85. The van der Waals surface area contributed by atoms with Gasteiger partial charge in [-0.15, -0.1) is 0 Å². The first-order valence-electron chi connectivity index (χ1n) is 6.85. The van der Waals surface area contributed by atoms with Crippen LogP contribution in [-0.2, 0) is 20.5 Å². The largest absolute Gasteiger partial charge is 0.461 e. The van der Waals surface area contributed by atoms with E-state index in [1.807, 2.05) is 45.9 Å². The van der Waals surface area contributed by atoms with Crippen molar-refractivity contribution < 1.29 is 13.7 Å². The fraction of sp³-hybridized carbons (Fsp3) is 0.600. The molecule has 0 saturated carbocycles. The molecule has 0 aromatic heterocycles. The number of carbonyl (C=O) groups excluding carboxylic acids is 1. The van der Waals surface area contributed by atoms with Gasteiger partial charge in [0.1, 0.15) is 17.6 Å². The predicted molar refractivity (Wildman–Crippen MR) is 83.0 cm³/mol. The first-order chi connectivity index (χ1) is 9.32. The number of hydrogen-bond acceptors (Lipinski definition) is 3. The van der Waals surface area contributed by atoms with Crippen LogP contribution < -0.4 is 0 Å². The van der Waals surface area contributed by atoms with Crippen molar-refractivity contribution in [2.75, 3.05) is 6.61 Å². The zero-order valence-corrected chi connectivity index (χ0v) is 13.5. The molecular formula is C15H23NO3S. The van der Waals surface area contributed by atoms with Gasteiger partial charge in [-0.25, -0.2) is 4.21 Å². The highest BCUT2D eigenvalue weighted by Crippen LogP contribution is 2.15. The molecule has 0 aromatic carbocycles. The number of nitrogens with zero attached hydrogens (tertiary/aromatic N) is 1. The van der Waals surface area contributed by atoms with Gasteiger partial charge in [0, 0.05) is 12.8 Å². The van der Waals surface area contributed by atoms with Gasteiger partial charge in [-0.2, -0.15) is 4.40 Å². The molecule has 1 aliphatic rings. The van der Waals surface area contributed by atoms with Gasteiger partial charge in [-0.05, 0) is 38.8 Å². The van der Waals surface area contributed by atoms with Gasteiger partial charge in [0.25, 0.3) is 0 Å². The zero-order chi connectivity index (χ0) is 15.2. The Labute approximate surface area is 123 Å². The first-order valence-corrected chi connectivity index (χ1v) is 7.96. The highest BCUT2D eigenvalue weighted by atomic mass is 32.2. The normalized spacial score (nSPS) is 18.8. The van der Waals surface area contributed by atoms with E-state index in [1.165, 1.54) is 0 Å². The predicted octanol–water partition coefficient (Wildman–Crippen LogP) is 3.12. The molecule has 1 unspecified atom stereocenters. The molecule has 0 heterocycles. The number of allylic oxidation sites excluding steroid dienone is 2. The summed E-state index contributed by atoms with van der Waals surface area (Å²) in [5.41, 5.74) is 1.75. The maximum atomic E-state index is 11.9. The fourth-order valence-electron chi connectivity index (χ4n) is 1.43. The lowest BCUT2D eigenvalue weighted by Gasteiger charge is -2.15. The van der Waals surface area contributed by atoms with Crippen LogP contribution in [0.5, 0.6) is 0 Å². The van der Waals surface area contributed by atoms with Gasteiger partial charge in [0.15, 0.2) is 0 Å². The van der Waals surface area contributed by atoms with E-state index in [9.17, 15) is 9.00 Å². The molecule has 1 rings (SSSR count). The van der Waals surface area contributed by atoms with Crippen molar-refractivity contribution in [3.63, 3.8) is 0 Å². The minimum Gasteiger partial charge on any atom is -0.461 e. The summed E-state index contributed by atoms with van der Waals surface area (Å²) in [7, 11) is -1.24. The molecule has 1 aliphatic carbocycles. The van der Waals surface area contributed by atoms with Crippen molar-refractivity contribution >= 4 is 22.7 Å². The average molecular weight is 297 g/mol. The lowest BCUT2D eigenvalue weighted by molar-refractivity contribution is -0.142. The quantitative estimate of drug-likeness (QED) is 0.733. The monoisotopic (exact) mass is 297 g/mol. The summed E-state index contributed by atoms with van der Waals surface area (Å²) in [6.45, 7) is 7.93. The molecule has 4 nitrogen and oxygen atoms in total. The summed E-state index contributed by atoms with van der Waals surface area (Å²) in [4.78, 5) is 11.3. The van der Waals surface area contributed by atoms with Crippen LogP contribution in [0.15, 0.2) is 28.2 Å². The Morgan fingerprint density at radius 1 is 1.40 bits per heavy atom. The van der Waals surface area contributed by atoms with Crippen LogP contribution in [0.3, 0.4) is 0 Å². The number of carbonyl (C=O) groups is 1. The molecule has 20 heavy (non-hydrogen) atoms. The molecule has 0 saturated heterocycles. The van der Waals surface area contributed by atoms with Crippen molar-refractivity contribution in [3.8, 4) is 0 Å². The van der Waals surface area contributed by atoms with E-state index in [2.05, 4.69) is 4.40 Å². The minimum absolute atomic E-state index is 0.171. The molecular weight excluding hydrogens is 274 g/mol. The van der Waals surface area contributed by atoms with E-state index in [0.717, 1.165) is 17.7 Å². The molecule has 112 valence electrons. The van der Waals surface area contributed by atoms with Crippen LogP contribution in [-0.4, -0.2) is 27.2 Å². The van der Waals surface area contributed by atoms with Crippen LogP contribution in [0.4, 0.5) is 0 Å². The first kappa shape index (κ1) is 16.8. The smallest absolute Gasteiger partial charge is 0.306 e. The average Bonchev–Trinajstić information content (AvgIpc) is 2.37. The van der Waals surface area contributed by atoms with Gasteiger partial charge in [-0.3, -0.25) is 4.79 Å². The van der Waals surface area contributed by atoms with Crippen LogP contribution in [0, 0.1) is 0 Å². The Morgan fingerprint density at radius 3 is 2.60 bits per heavy atom. The second-order valence-electron chi connectivity index (χ2n) is 5.67. The lowest BCUT2D eigenvalue weighted by Crippen LogP contribution is -2.21. The summed E-state index contributed by atoms with van der Waals surface area (Å²) in [5.74, 6) is -0.171.